The molecule has 1 heterocycles. The van der Waals surface area contributed by atoms with E-state index in [1.54, 1.807) is 13.2 Å². The average Bonchev–Trinajstić information content (AvgIpc) is 3.67. The molecule has 0 saturated carbocycles. The summed E-state index contributed by atoms with van der Waals surface area (Å²) < 4.78 is 7.55. The molecule has 3 nitrogen and oxygen atoms in total. The molecule has 0 unspecified atom stereocenters. The first-order valence-corrected chi connectivity index (χ1v) is 20.9. The lowest BCUT2D eigenvalue weighted by molar-refractivity contribution is 0.415. The molecule has 9 rings (SSSR count). The number of nitrogens with zero attached hydrogens (tertiary/aromatic N) is 2. The summed E-state index contributed by atoms with van der Waals surface area (Å²) in [4.78, 5) is 2.29. The van der Waals surface area contributed by atoms with Gasteiger partial charge in [0.2, 0.25) is 0 Å². The zero-order valence-electron chi connectivity index (χ0n) is 35.5. The molecule has 0 fully saturated rings. The molecule has 300 valence electrons. The van der Waals surface area contributed by atoms with Gasteiger partial charge in [-0.25, -0.2) is 0 Å². The monoisotopic (exact) mass is 792 g/mol. The second kappa shape index (κ2) is 19.9. The first-order valence-electron chi connectivity index (χ1n) is 20.9. The van der Waals surface area contributed by atoms with Crippen LogP contribution in [0.4, 0.5) is 17.1 Å². The van der Waals surface area contributed by atoms with E-state index in [2.05, 4.69) is 212 Å². The van der Waals surface area contributed by atoms with Crippen molar-refractivity contribution < 1.29 is 4.74 Å². The fraction of sp³-hybridized carbons (Fsp3) is 0.0690. The normalized spacial score (nSPS) is 10.9. The SMILES string of the molecule is C=C/C=C(\C=C)c1ccc(N(c2ccc(-c3ccccc3)cc2)c2ccc(-c3ccc(C)cc3)cc2)cc1.CC.COc1ccc(-n2c3ccccc3c3ccccc32)cc1. The zero-order valence-corrected chi connectivity index (χ0v) is 35.5. The van der Waals surface area contributed by atoms with Crippen LogP contribution < -0.4 is 9.64 Å². The predicted molar refractivity (Wildman–Crippen MR) is 264 cm³/mol. The molecule has 0 spiro atoms. The number of aryl methyl sites for hydroxylation is 1. The van der Waals surface area contributed by atoms with Gasteiger partial charge in [-0.05, 0) is 113 Å². The van der Waals surface area contributed by atoms with Gasteiger partial charge < -0.3 is 14.2 Å². The second-order valence-electron chi connectivity index (χ2n) is 14.3. The number of para-hydroxylation sites is 2. The Balaban J connectivity index is 0.000000205. The van der Waals surface area contributed by atoms with Crippen molar-refractivity contribution in [2.24, 2.45) is 0 Å². The summed E-state index contributed by atoms with van der Waals surface area (Å²) in [5.74, 6) is 0.875. The van der Waals surface area contributed by atoms with Crippen LogP contribution in [0.1, 0.15) is 25.0 Å². The molecule has 0 saturated heterocycles. The molecule has 0 aliphatic heterocycles. The summed E-state index contributed by atoms with van der Waals surface area (Å²) in [7, 11) is 1.69. The third kappa shape index (κ3) is 9.33. The van der Waals surface area contributed by atoms with Crippen molar-refractivity contribution in [3.05, 3.63) is 243 Å². The molecule has 0 N–H and O–H groups in total. The van der Waals surface area contributed by atoms with Gasteiger partial charge in [0.15, 0.2) is 0 Å². The van der Waals surface area contributed by atoms with E-state index in [-0.39, 0.29) is 0 Å². The van der Waals surface area contributed by atoms with E-state index >= 15 is 0 Å². The van der Waals surface area contributed by atoms with Crippen LogP contribution in [0.15, 0.2) is 232 Å². The molecule has 0 aliphatic rings. The van der Waals surface area contributed by atoms with E-state index < -0.39 is 0 Å². The first kappa shape index (κ1) is 41.5. The maximum absolute atomic E-state index is 5.25. The second-order valence-corrected chi connectivity index (χ2v) is 14.3. The van der Waals surface area contributed by atoms with Crippen molar-refractivity contribution >= 4 is 44.4 Å². The molecule has 9 aromatic rings. The minimum atomic E-state index is 0.875. The van der Waals surface area contributed by atoms with Crippen LogP contribution in [-0.4, -0.2) is 11.7 Å². The Labute approximate surface area is 361 Å². The molecule has 8 aromatic carbocycles. The quantitative estimate of drug-likeness (QED) is 0.128. The van der Waals surface area contributed by atoms with Gasteiger partial charge in [0.25, 0.3) is 0 Å². The van der Waals surface area contributed by atoms with Crippen molar-refractivity contribution in [1.29, 1.82) is 0 Å². The van der Waals surface area contributed by atoms with E-state index in [0.29, 0.717) is 0 Å². The highest BCUT2D eigenvalue weighted by atomic mass is 16.5. The lowest BCUT2D eigenvalue weighted by Crippen LogP contribution is -2.09. The standard InChI is InChI=1S/C37H31N.C19H15NO.C2H6/c1-4-9-29(5-2)31-16-22-35(23-17-31)38(36-24-18-33(19-25-36)30-10-7-6-8-11-30)37-26-20-34(21-27-37)32-14-12-28(3)13-15-32;1-21-15-12-10-14(11-13-15)20-18-8-4-2-6-16(18)17-7-3-5-9-19(17)20;1-2/h4-27H,1-2H2,3H3;2-13H,1H3;1-2H3/b29-9+;;. The highest BCUT2D eigenvalue weighted by Gasteiger charge is 2.14. The molecule has 61 heavy (non-hydrogen) atoms. The van der Waals surface area contributed by atoms with E-state index in [4.69, 9.17) is 4.74 Å². The summed E-state index contributed by atoms with van der Waals surface area (Å²) in [6.07, 6.45) is 5.63. The van der Waals surface area contributed by atoms with Crippen molar-refractivity contribution in [1.82, 2.24) is 4.57 Å². The lowest BCUT2D eigenvalue weighted by atomic mass is 10.0. The van der Waals surface area contributed by atoms with E-state index in [1.165, 1.54) is 49.6 Å². The Morgan fingerprint density at radius 2 is 0.918 bits per heavy atom. The molecular formula is C58H52N2O. The Bertz CT molecular complexity index is 2790. The summed E-state index contributed by atoms with van der Waals surface area (Å²) in [6.45, 7) is 13.9. The van der Waals surface area contributed by atoms with Gasteiger partial charge >= 0.3 is 0 Å². The Kier molecular flexibility index (Phi) is 13.5. The maximum Gasteiger partial charge on any atom is 0.119 e. The number of hydrogen-bond acceptors (Lipinski definition) is 2. The highest BCUT2D eigenvalue weighted by Crippen LogP contribution is 2.38. The van der Waals surface area contributed by atoms with Gasteiger partial charge in [0, 0.05) is 33.5 Å². The Morgan fingerprint density at radius 3 is 1.38 bits per heavy atom. The Hall–Kier alpha value is -7.62. The van der Waals surface area contributed by atoms with Gasteiger partial charge in [-0.3, -0.25) is 0 Å². The number of allylic oxidation sites excluding steroid dienone is 4. The van der Waals surface area contributed by atoms with Crippen LogP contribution in [0.2, 0.25) is 0 Å². The van der Waals surface area contributed by atoms with Gasteiger partial charge in [0.1, 0.15) is 5.75 Å². The number of aromatic nitrogens is 1. The number of anilines is 3. The summed E-state index contributed by atoms with van der Waals surface area (Å²) >= 11 is 0. The van der Waals surface area contributed by atoms with Crippen molar-refractivity contribution in [3.63, 3.8) is 0 Å². The van der Waals surface area contributed by atoms with E-state index in [1.807, 2.05) is 44.2 Å². The number of fused-ring (bicyclic) bond motifs is 3. The van der Waals surface area contributed by atoms with Crippen molar-refractivity contribution in [2.75, 3.05) is 12.0 Å². The topological polar surface area (TPSA) is 17.4 Å². The summed E-state index contributed by atoms with van der Waals surface area (Å²) in [6, 6.07) is 70.5. The van der Waals surface area contributed by atoms with Gasteiger partial charge in [-0.1, -0.05) is 178 Å². The van der Waals surface area contributed by atoms with Crippen LogP contribution in [0.3, 0.4) is 0 Å². The number of rotatable bonds is 10. The van der Waals surface area contributed by atoms with E-state index in [0.717, 1.165) is 39.6 Å². The number of ether oxygens (including phenoxy) is 1. The number of benzene rings is 8. The zero-order chi connectivity index (χ0) is 42.6. The highest BCUT2D eigenvalue weighted by molar-refractivity contribution is 6.09. The number of hydrogen-bond donors (Lipinski definition) is 0. The lowest BCUT2D eigenvalue weighted by Gasteiger charge is -2.26. The minimum absolute atomic E-state index is 0.875. The van der Waals surface area contributed by atoms with Crippen molar-refractivity contribution in [2.45, 2.75) is 20.8 Å². The maximum atomic E-state index is 5.25. The predicted octanol–water partition coefficient (Wildman–Crippen LogP) is 16.4. The van der Waals surface area contributed by atoms with Gasteiger partial charge in [0.05, 0.1) is 18.1 Å². The van der Waals surface area contributed by atoms with Crippen LogP contribution in [0.5, 0.6) is 5.75 Å². The fourth-order valence-corrected chi connectivity index (χ4v) is 7.57. The molecule has 0 bridgehead atoms. The smallest absolute Gasteiger partial charge is 0.119 e. The van der Waals surface area contributed by atoms with Gasteiger partial charge in [-0.2, -0.15) is 0 Å². The Morgan fingerprint density at radius 1 is 0.492 bits per heavy atom. The summed E-state index contributed by atoms with van der Waals surface area (Å²) in [5.41, 5.74) is 15.1. The molecule has 3 heteroatoms. The minimum Gasteiger partial charge on any atom is -0.497 e. The molecule has 0 atom stereocenters. The van der Waals surface area contributed by atoms with Crippen molar-refractivity contribution in [3.8, 4) is 33.7 Å². The third-order valence-corrected chi connectivity index (χ3v) is 10.6. The third-order valence-electron chi connectivity index (χ3n) is 10.6. The van der Waals surface area contributed by atoms with Gasteiger partial charge in [-0.15, -0.1) is 0 Å². The van der Waals surface area contributed by atoms with Crippen LogP contribution >= 0.6 is 0 Å². The molecule has 0 amide bonds. The average molecular weight is 793 g/mol. The van der Waals surface area contributed by atoms with Crippen LogP contribution in [-0.2, 0) is 0 Å². The van der Waals surface area contributed by atoms with E-state index in [9.17, 15) is 0 Å². The van der Waals surface area contributed by atoms with Crippen LogP contribution in [0.25, 0.3) is 55.3 Å². The molecule has 1 aromatic heterocycles. The fourth-order valence-electron chi connectivity index (χ4n) is 7.57. The molecular weight excluding hydrogens is 741 g/mol. The first-order chi connectivity index (χ1) is 30.0. The molecule has 0 aliphatic carbocycles. The van der Waals surface area contributed by atoms with Crippen LogP contribution in [0, 0.1) is 6.92 Å². The largest absolute Gasteiger partial charge is 0.497 e. The molecule has 0 radical (unpaired) electrons. The summed E-state index contributed by atoms with van der Waals surface area (Å²) in [5, 5.41) is 2.56. The number of methoxy groups -OCH3 is 1.